The van der Waals surface area contributed by atoms with Crippen LogP contribution in [0.25, 0.3) is 0 Å². The number of hydrogen-bond donors (Lipinski definition) is 2. The normalized spacial score (nSPS) is 10.3. The molecule has 0 aliphatic heterocycles. The van der Waals surface area contributed by atoms with Crippen molar-refractivity contribution in [1.29, 1.82) is 0 Å². The summed E-state index contributed by atoms with van der Waals surface area (Å²) in [6.45, 7) is 1.76. The minimum atomic E-state index is -1.11. The molecule has 2 aromatic rings. The molecule has 0 saturated heterocycles. The first-order valence-corrected chi connectivity index (χ1v) is 5.53. The standard InChI is InChI=1S/C14H11F2NO2/c1-8-2-3-13(12(4-8)14(18)19)17-11-6-9(15)5-10(16)7-11/h2-7,17H,1H3,(H,18,19). The lowest BCUT2D eigenvalue weighted by Crippen LogP contribution is -2.03. The van der Waals surface area contributed by atoms with Crippen LogP contribution in [0.3, 0.4) is 0 Å². The van der Waals surface area contributed by atoms with Gasteiger partial charge in [0.05, 0.1) is 11.3 Å². The van der Waals surface area contributed by atoms with Crippen molar-refractivity contribution in [3.8, 4) is 0 Å². The monoisotopic (exact) mass is 263 g/mol. The topological polar surface area (TPSA) is 49.3 Å². The second kappa shape index (κ2) is 5.06. The average molecular weight is 263 g/mol. The molecule has 0 spiro atoms. The number of hydrogen-bond acceptors (Lipinski definition) is 2. The Morgan fingerprint density at radius 1 is 1.11 bits per heavy atom. The van der Waals surface area contributed by atoms with Gasteiger partial charge in [-0.05, 0) is 31.2 Å². The molecular weight excluding hydrogens is 252 g/mol. The molecule has 0 aromatic heterocycles. The number of anilines is 2. The van der Waals surface area contributed by atoms with Gasteiger partial charge in [0.2, 0.25) is 0 Å². The van der Waals surface area contributed by atoms with Crippen LogP contribution >= 0.6 is 0 Å². The quantitative estimate of drug-likeness (QED) is 0.887. The summed E-state index contributed by atoms with van der Waals surface area (Å²) >= 11 is 0. The van der Waals surface area contributed by atoms with E-state index in [0.29, 0.717) is 0 Å². The first-order valence-electron chi connectivity index (χ1n) is 5.53. The van der Waals surface area contributed by atoms with Gasteiger partial charge in [-0.1, -0.05) is 11.6 Å². The molecule has 2 N–H and O–H groups in total. The lowest BCUT2D eigenvalue weighted by Gasteiger charge is -2.10. The fourth-order valence-electron chi connectivity index (χ4n) is 1.73. The van der Waals surface area contributed by atoms with Crippen molar-refractivity contribution in [3.05, 3.63) is 59.2 Å². The summed E-state index contributed by atoms with van der Waals surface area (Å²) in [5.41, 5.74) is 1.27. The lowest BCUT2D eigenvalue weighted by atomic mass is 10.1. The highest BCUT2D eigenvalue weighted by Gasteiger charge is 2.11. The second-order valence-corrected chi connectivity index (χ2v) is 4.14. The van der Waals surface area contributed by atoms with E-state index in [1.54, 1.807) is 19.1 Å². The maximum Gasteiger partial charge on any atom is 0.337 e. The molecule has 5 heteroatoms. The van der Waals surface area contributed by atoms with Crippen LogP contribution in [0.1, 0.15) is 15.9 Å². The SMILES string of the molecule is Cc1ccc(Nc2cc(F)cc(F)c2)c(C(=O)O)c1. The summed E-state index contributed by atoms with van der Waals surface area (Å²) in [6, 6.07) is 7.69. The predicted molar refractivity (Wildman–Crippen MR) is 67.8 cm³/mol. The minimum absolute atomic E-state index is 0.0460. The average Bonchev–Trinajstić information content (AvgIpc) is 2.30. The highest BCUT2D eigenvalue weighted by atomic mass is 19.1. The first-order chi connectivity index (χ1) is 8.95. The predicted octanol–water partition coefficient (Wildman–Crippen LogP) is 3.72. The maximum absolute atomic E-state index is 13.1. The van der Waals surface area contributed by atoms with Crippen molar-refractivity contribution < 1.29 is 18.7 Å². The molecule has 3 nitrogen and oxygen atoms in total. The molecule has 0 fully saturated rings. The maximum atomic E-state index is 13.1. The van der Waals surface area contributed by atoms with Crippen LogP contribution in [-0.4, -0.2) is 11.1 Å². The molecular formula is C14H11F2NO2. The molecule has 0 saturated carbocycles. The summed E-state index contributed by atoms with van der Waals surface area (Å²) in [6.07, 6.45) is 0. The molecule has 98 valence electrons. The molecule has 19 heavy (non-hydrogen) atoms. The van der Waals surface area contributed by atoms with E-state index >= 15 is 0 Å². The number of aryl methyl sites for hydroxylation is 1. The van der Waals surface area contributed by atoms with Gasteiger partial charge in [0.1, 0.15) is 11.6 Å². The van der Waals surface area contributed by atoms with Crippen LogP contribution in [0.4, 0.5) is 20.2 Å². The number of carboxylic acids is 1. The summed E-state index contributed by atoms with van der Waals surface area (Å²) < 4.78 is 26.1. The number of halogens is 2. The van der Waals surface area contributed by atoms with Crippen LogP contribution in [0.15, 0.2) is 36.4 Å². The van der Waals surface area contributed by atoms with Gasteiger partial charge in [-0.25, -0.2) is 13.6 Å². The highest BCUT2D eigenvalue weighted by Crippen LogP contribution is 2.23. The summed E-state index contributed by atoms with van der Waals surface area (Å²) in [5.74, 6) is -2.57. The van der Waals surface area contributed by atoms with Gasteiger partial charge < -0.3 is 10.4 Å². The van der Waals surface area contributed by atoms with Gasteiger partial charge in [0.15, 0.2) is 0 Å². The molecule has 0 radical (unpaired) electrons. The Kier molecular flexibility index (Phi) is 3.46. The molecule has 2 aromatic carbocycles. The fraction of sp³-hybridized carbons (Fsp3) is 0.0714. The van der Waals surface area contributed by atoms with Crippen LogP contribution in [-0.2, 0) is 0 Å². The third-order valence-corrected chi connectivity index (χ3v) is 2.55. The summed E-state index contributed by atoms with van der Waals surface area (Å²) in [4.78, 5) is 11.1. The van der Waals surface area contributed by atoms with Crippen LogP contribution in [0.5, 0.6) is 0 Å². The zero-order chi connectivity index (χ0) is 14.0. The zero-order valence-electron chi connectivity index (χ0n) is 10.1. The van der Waals surface area contributed by atoms with Crippen molar-refractivity contribution in [2.75, 3.05) is 5.32 Å². The van der Waals surface area contributed by atoms with Gasteiger partial charge in [0, 0.05) is 11.8 Å². The van der Waals surface area contributed by atoms with E-state index in [1.807, 2.05) is 0 Å². The highest BCUT2D eigenvalue weighted by molar-refractivity contribution is 5.95. The van der Waals surface area contributed by atoms with E-state index in [1.165, 1.54) is 6.07 Å². The third kappa shape index (κ3) is 3.07. The minimum Gasteiger partial charge on any atom is -0.478 e. The third-order valence-electron chi connectivity index (χ3n) is 2.55. The molecule has 0 amide bonds. The Hall–Kier alpha value is -2.43. The molecule has 0 heterocycles. The molecule has 0 unspecified atom stereocenters. The number of benzene rings is 2. The molecule has 0 bridgehead atoms. The van der Waals surface area contributed by atoms with Crippen molar-refractivity contribution in [3.63, 3.8) is 0 Å². The van der Waals surface area contributed by atoms with Crippen LogP contribution in [0.2, 0.25) is 0 Å². The fourth-order valence-corrected chi connectivity index (χ4v) is 1.73. The first kappa shape index (κ1) is 13.0. The van der Waals surface area contributed by atoms with Crippen molar-refractivity contribution in [1.82, 2.24) is 0 Å². The summed E-state index contributed by atoms with van der Waals surface area (Å²) in [5, 5.41) is 11.8. The van der Waals surface area contributed by atoms with Crippen molar-refractivity contribution >= 4 is 17.3 Å². The van der Waals surface area contributed by atoms with E-state index in [2.05, 4.69) is 5.32 Å². The number of aromatic carboxylic acids is 1. The smallest absolute Gasteiger partial charge is 0.337 e. The van der Waals surface area contributed by atoms with E-state index in [0.717, 1.165) is 23.8 Å². The van der Waals surface area contributed by atoms with Gasteiger partial charge in [-0.15, -0.1) is 0 Å². The van der Waals surface area contributed by atoms with Gasteiger partial charge in [-0.2, -0.15) is 0 Å². The number of rotatable bonds is 3. The van der Waals surface area contributed by atoms with Crippen LogP contribution < -0.4 is 5.32 Å². The number of carboxylic acid groups (broad SMARTS) is 1. The van der Waals surface area contributed by atoms with Gasteiger partial charge in [-0.3, -0.25) is 0 Å². The van der Waals surface area contributed by atoms with Gasteiger partial charge >= 0.3 is 5.97 Å². The van der Waals surface area contributed by atoms with E-state index in [4.69, 9.17) is 5.11 Å². The Labute approximate surface area is 108 Å². The Morgan fingerprint density at radius 2 is 1.74 bits per heavy atom. The molecule has 0 aliphatic carbocycles. The van der Waals surface area contributed by atoms with E-state index in [-0.39, 0.29) is 16.9 Å². The van der Waals surface area contributed by atoms with Gasteiger partial charge in [0.25, 0.3) is 0 Å². The zero-order valence-corrected chi connectivity index (χ0v) is 10.1. The number of carbonyl (C=O) groups is 1. The Balaban J connectivity index is 2.40. The number of nitrogens with one attached hydrogen (secondary N) is 1. The largest absolute Gasteiger partial charge is 0.478 e. The molecule has 2 rings (SSSR count). The molecule has 0 atom stereocenters. The van der Waals surface area contributed by atoms with E-state index < -0.39 is 17.6 Å². The van der Waals surface area contributed by atoms with Crippen molar-refractivity contribution in [2.45, 2.75) is 6.92 Å². The Bertz CT molecular complexity index is 621. The van der Waals surface area contributed by atoms with E-state index in [9.17, 15) is 13.6 Å². The summed E-state index contributed by atoms with van der Waals surface area (Å²) in [7, 11) is 0. The molecule has 0 aliphatic rings. The van der Waals surface area contributed by atoms with Crippen molar-refractivity contribution in [2.24, 2.45) is 0 Å². The van der Waals surface area contributed by atoms with Crippen LogP contribution in [0, 0.1) is 18.6 Å². The lowest BCUT2D eigenvalue weighted by molar-refractivity contribution is 0.0698. The second-order valence-electron chi connectivity index (χ2n) is 4.14. The Morgan fingerprint density at radius 3 is 2.32 bits per heavy atom.